The number of aldehydes is 1. The molecule has 0 N–H and O–H groups in total. The van der Waals surface area contributed by atoms with E-state index in [-0.39, 0.29) is 5.41 Å². The predicted molar refractivity (Wildman–Crippen MR) is 63.4 cm³/mol. The molecule has 0 bridgehead atoms. The quantitative estimate of drug-likeness (QED) is 0.684. The van der Waals surface area contributed by atoms with Crippen LogP contribution < -0.4 is 0 Å². The molecule has 1 unspecified atom stereocenters. The van der Waals surface area contributed by atoms with E-state index < -0.39 is 0 Å². The van der Waals surface area contributed by atoms with E-state index in [4.69, 9.17) is 4.74 Å². The minimum atomic E-state index is -0.0408. The molecule has 1 saturated heterocycles. The van der Waals surface area contributed by atoms with Crippen LogP contribution in [0.3, 0.4) is 0 Å². The first-order valence-corrected chi connectivity index (χ1v) is 6.49. The molecule has 16 heavy (non-hydrogen) atoms. The van der Waals surface area contributed by atoms with Gasteiger partial charge in [0.15, 0.2) is 0 Å². The van der Waals surface area contributed by atoms with Crippen LogP contribution in [0.1, 0.15) is 38.5 Å². The molecule has 3 heteroatoms. The SMILES string of the molecule is COC1CCN(CC2(C=O)CCCCC2)C1. The fraction of sp³-hybridized carbons (Fsp3) is 0.923. The van der Waals surface area contributed by atoms with Crippen molar-refractivity contribution in [1.29, 1.82) is 0 Å². The van der Waals surface area contributed by atoms with Gasteiger partial charge in [0.2, 0.25) is 0 Å². The minimum absolute atomic E-state index is 0.0408. The Hall–Kier alpha value is -0.410. The monoisotopic (exact) mass is 225 g/mol. The van der Waals surface area contributed by atoms with E-state index in [0.29, 0.717) is 6.10 Å². The molecule has 3 nitrogen and oxygen atoms in total. The molecule has 0 spiro atoms. The molecule has 2 fully saturated rings. The van der Waals surface area contributed by atoms with Crippen molar-refractivity contribution in [2.75, 3.05) is 26.7 Å². The summed E-state index contributed by atoms with van der Waals surface area (Å²) in [5.41, 5.74) is -0.0408. The van der Waals surface area contributed by atoms with E-state index in [2.05, 4.69) is 4.90 Å². The van der Waals surface area contributed by atoms with Crippen LogP contribution in [-0.4, -0.2) is 44.0 Å². The highest BCUT2D eigenvalue weighted by atomic mass is 16.5. The van der Waals surface area contributed by atoms with Gasteiger partial charge in [0.05, 0.1) is 6.10 Å². The maximum Gasteiger partial charge on any atom is 0.127 e. The highest BCUT2D eigenvalue weighted by Crippen LogP contribution is 2.35. The number of hydrogen-bond donors (Lipinski definition) is 0. The largest absolute Gasteiger partial charge is 0.380 e. The summed E-state index contributed by atoms with van der Waals surface area (Å²) >= 11 is 0. The summed E-state index contributed by atoms with van der Waals surface area (Å²) in [5.74, 6) is 0. The van der Waals surface area contributed by atoms with Gasteiger partial charge in [-0.2, -0.15) is 0 Å². The van der Waals surface area contributed by atoms with Crippen LogP contribution in [0.25, 0.3) is 0 Å². The summed E-state index contributed by atoms with van der Waals surface area (Å²) in [7, 11) is 1.78. The van der Waals surface area contributed by atoms with Gasteiger partial charge in [-0.3, -0.25) is 4.90 Å². The number of ether oxygens (including phenoxy) is 1. The van der Waals surface area contributed by atoms with Gasteiger partial charge >= 0.3 is 0 Å². The summed E-state index contributed by atoms with van der Waals surface area (Å²) in [5, 5.41) is 0. The molecule has 0 amide bonds. The lowest BCUT2D eigenvalue weighted by Gasteiger charge is -2.35. The Morgan fingerprint density at radius 2 is 2.12 bits per heavy atom. The van der Waals surface area contributed by atoms with Crippen molar-refractivity contribution in [3.63, 3.8) is 0 Å². The van der Waals surface area contributed by atoms with Gasteiger partial charge in [-0.25, -0.2) is 0 Å². The molecule has 1 saturated carbocycles. The second-order valence-corrected chi connectivity index (χ2v) is 5.42. The normalized spacial score (nSPS) is 30.4. The van der Waals surface area contributed by atoms with E-state index >= 15 is 0 Å². The van der Waals surface area contributed by atoms with Crippen LogP contribution in [0.5, 0.6) is 0 Å². The highest BCUT2D eigenvalue weighted by molar-refractivity contribution is 5.60. The van der Waals surface area contributed by atoms with Crippen molar-refractivity contribution >= 4 is 6.29 Å². The molecule has 0 aromatic carbocycles. The molecule has 1 aliphatic carbocycles. The zero-order valence-electron chi connectivity index (χ0n) is 10.3. The van der Waals surface area contributed by atoms with Gasteiger partial charge < -0.3 is 9.53 Å². The molecule has 0 aromatic heterocycles. The summed E-state index contributed by atoms with van der Waals surface area (Å²) in [6.07, 6.45) is 8.65. The smallest absolute Gasteiger partial charge is 0.127 e. The highest BCUT2D eigenvalue weighted by Gasteiger charge is 2.35. The zero-order valence-corrected chi connectivity index (χ0v) is 10.3. The molecular weight excluding hydrogens is 202 g/mol. The number of hydrogen-bond acceptors (Lipinski definition) is 3. The van der Waals surface area contributed by atoms with Crippen LogP contribution in [0.4, 0.5) is 0 Å². The Morgan fingerprint density at radius 1 is 1.38 bits per heavy atom. The van der Waals surface area contributed by atoms with Gasteiger partial charge in [0.1, 0.15) is 6.29 Å². The third kappa shape index (κ3) is 2.64. The van der Waals surface area contributed by atoms with Crippen LogP contribution in [0, 0.1) is 5.41 Å². The Labute approximate surface area is 98.1 Å². The number of methoxy groups -OCH3 is 1. The van der Waals surface area contributed by atoms with Gasteiger partial charge in [-0.15, -0.1) is 0 Å². The summed E-state index contributed by atoms with van der Waals surface area (Å²) in [4.78, 5) is 13.8. The molecule has 0 radical (unpaired) electrons. The van der Waals surface area contributed by atoms with Gasteiger partial charge in [0, 0.05) is 32.2 Å². The summed E-state index contributed by atoms with van der Waals surface area (Å²) in [6.45, 7) is 3.05. The average Bonchev–Trinajstić information content (AvgIpc) is 2.78. The lowest BCUT2D eigenvalue weighted by molar-refractivity contribution is -0.119. The Morgan fingerprint density at radius 3 is 2.69 bits per heavy atom. The third-order valence-electron chi connectivity index (χ3n) is 4.20. The predicted octanol–water partition coefficient (Wildman–Crippen LogP) is 1.86. The molecule has 2 aliphatic rings. The first-order chi connectivity index (χ1) is 7.78. The minimum Gasteiger partial charge on any atom is -0.380 e. The second kappa shape index (κ2) is 5.28. The van der Waals surface area contributed by atoms with Gasteiger partial charge in [-0.05, 0) is 19.3 Å². The Kier molecular flexibility index (Phi) is 3.98. The molecule has 0 aromatic rings. The summed E-state index contributed by atoms with van der Waals surface area (Å²) in [6, 6.07) is 0. The van der Waals surface area contributed by atoms with Crippen LogP contribution in [0.15, 0.2) is 0 Å². The van der Waals surface area contributed by atoms with E-state index in [9.17, 15) is 4.79 Å². The number of carbonyl (C=O) groups excluding carboxylic acids is 1. The van der Waals surface area contributed by atoms with Crippen molar-refractivity contribution in [2.24, 2.45) is 5.41 Å². The topological polar surface area (TPSA) is 29.5 Å². The van der Waals surface area contributed by atoms with Crippen molar-refractivity contribution in [3.8, 4) is 0 Å². The van der Waals surface area contributed by atoms with E-state index in [1.807, 2.05) is 0 Å². The second-order valence-electron chi connectivity index (χ2n) is 5.42. The van der Waals surface area contributed by atoms with Crippen molar-refractivity contribution in [1.82, 2.24) is 4.90 Å². The summed E-state index contributed by atoms with van der Waals surface area (Å²) < 4.78 is 5.37. The number of carbonyl (C=O) groups is 1. The Balaban J connectivity index is 1.89. The maximum atomic E-state index is 11.4. The number of rotatable bonds is 4. The van der Waals surface area contributed by atoms with E-state index in [1.54, 1.807) is 7.11 Å². The fourth-order valence-electron chi connectivity index (χ4n) is 3.15. The number of nitrogens with zero attached hydrogens (tertiary/aromatic N) is 1. The lowest BCUT2D eigenvalue weighted by Crippen LogP contribution is -2.39. The standard InChI is InChI=1S/C13H23NO2/c1-16-12-5-8-14(9-12)10-13(11-15)6-3-2-4-7-13/h11-12H,2-10H2,1H3. The zero-order chi connectivity index (χ0) is 11.4. The lowest BCUT2D eigenvalue weighted by atomic mass is 9.75. The van der Waals surface area contributed by atoms with Crippen molar-refractivity contribution < 1.29 is 9.53 Å². The molecule has 2 rings (SSSR count). The van der Waals surface area contributed by atoms with Crippen molar-refractivity contribution in [2.45, 2.75) is 44.6 Å². The van der Waals surface area contributed by atoms with Crippen LogP contribution >= 0.6 is 0 Å². The molecule has 1 heterocycles. The van der Waals surface area contributed by atoms with Crippen LogP contribution in [0.2, 0.25) is 0 Å². The Bertz CT molecular complexity index is 236. The molecular formula is C13H23NO2. The van der Waals surface area contributed by atoms with Crippen LogP contribution in [-0.2, 0) is 9.53 Å². The molecule has 1 aliphatic heterocycles. The van der Waals surface area contributed by atoms with Gasteiger partial charge in [-0.1, -0.05) is 19.3 Å². The number of likely N-dealkylation sites (tertiary alicyclic amines) is 1. The first kappa shape index (κ1) is 12.1. The third-order valence-corrected chi connectivity index (χ3v) is 4.20. The first-order valence-electron chi connectivity index (χ1n) is 6.49. The molecule has 1 atom stereocenters. The van der Waals surface area contributed by atoms with E-state index in [0.717, 1.165) is 38.9 Å². The van der Waals surface area contributed by atoms with E-state index in [1.165, 1.54) is 25.5 Å². The maximum absolute atomic E-state index is 11.4. The average molecular weight is 225 g/mol. The van der Waals surface area contributed by atoms with Crippen molar-refractivity contribution in [3.05, 3.63) is 0 Å². The van der Waals surface area contributed by atoms with Gasteiger partial charge in [0.25, 0.3) is 0 Å². The molecule has 92 valence electrons. The fourth-order valence-corrected chi connectivity index (χ4v) is 3.15.